The van der Waals surface area contributed by atoms with Crippen molar-refractivity contribution in [1.29, 1.82) is 0 Å². The number of rotatable bonds is 3. The molecule has 0 saturated heterocycles. The van der Waals surface area contributed by atoms with Gasteiger partial charge in [-0.25, -0.2) is 0 Å². The summed E-state index contributed by atoms with van der Waals surface area (Å²) in [6, 6.07) is 0. The molecule has 1 aliphatic carbocycles. The fraction of sp³-hybridized carbons (Fsp3) is 0.857. The van der Waals surface area contributed by atoms with Crippen molar-refractivity contribution in [1.82, 2.24) is 0 Å². The van der Waals surface area contributed by atoms with Gasteiger partial charge in [-0.15, -0.1) is 0 Å². The molecule has 0 amide bonds. The molecule has 0 aromatic carbocycles. The van der Waals surface area contributed by atoms with Crippen molar-refractivity contribution in [3.8, 4) is 0 Å². The molecule has 0 atom stereocenters. The van der Waals surface area contributed by atoms with Crippen molar-refractivity contribution < 1.29 is 4.74 Å². The minimum Gasteiger partial charge on any atom is -0.372 e. The Morgan fingerprint density at radius 3 is 2.50 bits per heavy atom. The van der Waals surface area contributed by atoms with E-state index in [0.29, 0.717) is 0 Å². The van der Waals surface area contributed by atoms with E-state index in [9.17, 15) is 0 Å². The van der Waals surface area contributed by atoms with Crippen LogP contribution in [0, 0.1) is 12.0 Å². The zero-order valence-electron chi connectivity index (χ0n) is 5.61. The highest BCUT2D eigenvalue weighted by Gasteiger charge is 2.21. The van der Waals surface area contributed by atoms with E-state index in [1.54, 1.807) is 0 Å². The summed E-state index contributed by atoms with van der Waals surface area (Å²) < 4.78 is 5.28. The van der Waals surface area contributed by atoms with Gasteiger partial charge < -0.3 is 4.74 Å². The normalized spacial score (nSPS) is 19.9. The Morgan fingerprint density at radius 2 is 2.12 bits per heavy atom. The average Bonchev–Trinajstić information content (AvgIpc) is 2.41. The van der Waals surface area contributed by atoms with E-state index in [1.165, 1.54) is 12.8 Å². The van der Waals surface area contributed by atoms with E-state index in [2.05, 4.69) is 0 Å². The molecule has 1 rings (SSSR count). The summed E-state index contributed by atoms with van der Waals surface area (Å²) in [7, 11) is 0. The first kappa shape index (κ1) is 6.09. The smallest absolute Gasteiger partial charge is 0.0909 e. The van der Waals surface area contributed by atoms with E-state index >= 15 is 0 Å². The third kappa shape index (κ3) is 2.31. The molecule has 1 radical (unpaired) electrons. The Labute approximate surface area is 51.0 Å². The van der Waals surface area contributed by atoms with Gasteiger partial charge in [0.05, 0.1) is 12.7 Å². The van der Waals surface area contributed by atoms with E-state index in [1.807, 2.05) is 13.8 Å². The summed E-state index contributed by atoms with van der Waals surface area (Å²) in [5.74, 6) is 0.893. The number of hydrogen-bond donors (Lipinski definition) is 0. The van der Waals surface area contributed by atoms with E-state index in [0.717, 1.165) is 18.6 Å². The van der Waals surface area contributed by atoms with Crippen molar-refractivity contribution in [3.05, 3.63) is 6.10 Å². The molecule has 1 aliphatic rings. The van der Waals surface area contributed by atoms with Crippen LogP contribution in [0.15, 0.2) is 0 Å². The summed E-state index contributed by atoms with van der Waals surface area (Å²) >= 11 is 0. The first-order chi connectivity index (χ1) is 3.79. The molecular formula is C7H13O. The van der Waals surface area contributed by atoms with Crippen molar-refractivity contribution in [2.45, 2.75) is 26.7 Å². The molecule has 0 heterocycles. The van der Waals surface area contributed by atoms with Crippen LogP contribution in [0.5, 0.6) is 0 Å². The fourth-order valence-electron chi connectivity index (χ4n) is 0.569. The van der Waals surface area contributed by atoms with Gasteiger partial charge in [-0.1, -0.05) is 0 Å². The van der Waals surface area contributed by atoms with Crippen molar-refractivity contribution in [2.75, 3.05) is 6.61 Å². The maximum atomic E-state index is 5.28. The SMILES string of the molecule is C[C](C)OCC1CC1. The minimum absolute atomic E-state index is 0.893. The van der Waals surface area contributed by atoms with Gasteiger partial charge in [-0.2, -0.15) is 0 Å². The molecule has 1 fully saturated rings. The predicted octanol–water partition coefficient (Wildman–Crippen LogP) is 1.98. The summed E-state index contributed by atoms with van der Waals surface area (Å²) in [6.07, 6.45) is 3.86. The lowest BCUT2D eigenvalue weighted by Crippen LogP contribution is -1.97. The largest absolute Gasteiger partial charge is 0.372 e. The van der Waals surface area contributed by atoms with Crippen LogP contribution in [-0.2, 0) is 4.74 Å². The second-order valence-corrected chi connectivity index (χ2v) is 2.66. The molecule has 47 valence electrons. The lowest BCUT2D eigenvalue weighted by molar-refractivity contribution is 0.146. The van der Waals surface area contributed by atoms with Crippen LogP contribution in [-0.4, -0.2) is 6.61 Å². The van der Waals surface area contributed by atoms with Crippen molar-refractivity contribution >= 4 is 0 Å². The van der Waals surface area contributed by atoms with Crippen LogP contribution < -0.4 is 0 Å². The van der Waals surface area contributed by atoms with Crippen LogP contribution in [0.2, 0.25) is 0 Å². The van der Waals surface area contributed by atoms with Gasteiger partial charge in [0, 0.05) is 0 Å². The lowest BCUT2D eigenvalue weighted by atomic mass is 10.4. The first-order valence-corrected chi connectivity index (χ1v) is 3.22. The van der Waals surface area contributed by atoms with E-state index in [-0.39, 0.29) is 0 Å². The molecule has 0 N–H and O–H groups in total. The highest BCUT2D eigenvalue weighted by atomic mass is 16.5. The van der Waals surface area contributed by atoms with E-state index < -0.39 is 0 Å². The van der Waals surface area contributed by atoms with Gasteiger partial charge in [-0.3, -0.25) is 0 Å². The van der Waals surface area contributed by atoms with Crippen molar-refractivity contribution in [3.63, 3.8) is 0 Å². The molecule has 0 aromatic heterocycles. The quantitative estimate of drug-likeness (QED) is 0.543. The Bertz CT molecular complexity index is 62.8. The monoisotopic (exact) mass is 113 g/mol. The number of hydrogen-bond acceptors (Lipinski definition) is 1. The Hall–Kier alpha value is -0.0400. The van der Waals surface area contributed by atoms with E-state index in [4.69, 9.17) is 4.74 Å². The summed E-state index contributed by atoms with van der Waals surface area (Å²) in [4.78, 5) is 0. The standard InChI is InChI=1S/C7H13O/c1-6(2)8-5-7-3-4-7/h7H,3-5H2,1-2H3. The fourth-order valence-corrected chi connectivity index (χ4v) is 0.569. The molecular weight excluding hydrogens is 100 g/mol. The van der Waals surface area contributed by atoms with Crippen molar-refractivity contribution in [2.24, 2.45) is 5.92 Å². The Balaban J connectivity index is 1.87. The Morgan fingerprint density at radius 1 is 1.50 bits per heavy atom. The summed E-state index contributed by atoms with van der Waals surface area (Å²) in [6.45, 7) is 4.97. The van der Waals surface area contributed by atoms with Crippen LogP contribution >= 0.6 is 0 Å². The molecule has 8 heavy (non-hydrogen) atoms. The third-order valence-corrected chi connectivity index (χ3v) is 1.30. The molecule has 0 aliphatic heterocycles. The van der Waals surface area contributed by atoms with Gasteiger partial charge in [0.15, 0.2) is 0 Å². The average molecular weight is 113 g/mol. The summed E-state index contributed by atoms with van der Waals surface area (Å²) in [5.41, 5.74) is 0. The van der Waals surface area contributed by atoms with Gasteiger partial charge in [0.2, 0.25) is 0 Å². The van der Waals surface area contributed by atoms with Gasteiger partial charge in [0.1, 0.15) is 0 Å². The predicted molar refractivity (Wildman–Crippen MR) is 33.3 cm³/mol. The van der Waals surface area contributed by atoms with Crippen LogP contribution in [0.3, 0.4) is 0 Å². The number of ether oxygens (including phenoxy) is 1. The van der Waals surface area contributed by atoms with Crippen LogP contribution in [0.1, 0.15) is 26.7 Å². The molecule has 1 nitrogen and oxygen atoms in total. The van der Waals surface area contributed by atoms with Crippen LogP contribution in [0.25, 0.3) is 0 Å². The molecule has 1 heteroatoms. The summed E-state index contributed by atoms with van der Waals surface area (Å²) in [5, 5.41) is 0. The zero-order valence-corrected chi connectivity index (χ0v) is 5.61. The van der Waals surface area contributed by atoms with Crippen LogP contribution in [0.4, 0.5) is 0 Å². The second kappa shape index (κ2) is 2.49. The third-order valence-electron chi connectivity index (χ3n) is 1.30. The van der Waals surface area contributed by atoms with Gasteiger partial charge in [-0.05, 0) is 32.6 Å². The Kier molecular flexibility index (Phi) is 1.90. The van der Waals surface area contributed by atoms with Gasteiger partial charge >= 0.3 is 0 Å². The molecule has 0 aromatic rings. The molecule has 0 unspecified atom stereocenters. The maximum absolute atomic E-state index is 5.28. The first-order valence-electron chi connectivity index (χ1n) is 3.22. The lowest BCUT2D eigenvalue weighted by Gasteiger charge is -2.02. The highest BCUT2D eigenvalue weighted by Crippen LogP contribution is 2.29. The maximum Gasteiger partial charge on any atom is 0.0909 e. The highest BCUT2D eigenvalue weighted by molar-refractivity contribution is 4.74. The minimum atomic E-state index is 0.893. The topological polar surface area (TPSA) is 9.23 Å². The second-order valence-electron chi connectivity index (χ2n) is 2.66. The molecule has 0 bridgehead atoms. The van der Waals surface area contributed by atoms with Gasteiger partial charge in [0.25, 0.3) is 0 Å². The molecule has 0 spiro atoms. The molecule has 1 saturated carbocycles. The zero-order chi connectivity index (χ0) is 5.98.